The van der Waals surface area contributed by atoms with Crippen molar-refractivity contribution in [1.29, 1.82) is 0 Å². The van der Waals surface area contributed by atoms with E-state index in [0.717, 1.165) is 25.7 Å². The van der Waals surface area contributed by atoms with Gasteiger partial charge in [-0.1, -0.05) is 90.4 Å². The Kier molecular flexibility index (Phi) is 12.7. The van der Waals surface area contributed by atoms with Crippen molar-refractivity contribution in [3.05, 3.63) is 70.3 Å². The number of benzene rings is 2. The van der Waals surface area contributed by atoms with Gasteiger partial charge in [0.2, 0.25) is 0 Å². The zero-order chi connectivity index (χ0) is 30.3. The summed E-state index contributed by atoms with van der Waals surface area (Å²) in [6.45, 7) is 26.5. The fourth-order valence-electron chi connectivity index (χ4n) is 5.14. The van der Waals surface area contributed by atoms with Crippen molar-refractivity contribution in [1.82, 2.24) is 0 Å². The average Bonchev–Trinajstić information content (AvgIpc) is 2.80. The van der Waals surface area contributed by atoms with Crippen LogP contribution in [0.1, 0.15) is 115 Å². The quantitative estimate of drug-likeness (QED) is 0.145. The van der Waals surface area contributed by atoms with E-state index in [2.05, 4.69) is 122 Å². The lowest BCUT2D eigenvalue weighted by atomic mass is 9.80. The predicted octanol–water partition coefficient (Wildman–Crippen LogP) is 9.52. The summed E-state index contributed by atoms with van der Waals surface area (Å²) >= 11 is 0. The minimum Gasteiger partial charge on any atom is -0.413 e. The first-order valence-electron chi connectivity index (χ1n) is 15.3. The van der Waals surface area contributed by atoms with Crippen LogP contribution >= 0.6 is 0 Å². The van der Waals surface area contributed by atoms with Crippen molar-refractivity contribution < 1.29 is 14.0 Å². The molecule has 224 valence electrons. The molecule has 0 saturated carbocycles. The van der Waals surface area contributed by atoms with Crippen LogP contribution in [0.15, 0.2) is 42.5 Å². The second-order valence-corrected chi connectivity index (χ2v) is 19.6. The zero-order valence-electron chi connectivity index (χ0n) is 27.6. The molecule has 2 unspecified atom stereocenters. The number of rotatable bonds is 13. The Bertz CT molecular complexity index is 1040. The predicted molar refractivity (Wildman–Crippen MR) is 180 cm³/mol. The summed E-state index contributed by atoms with van der Waals surface area (Å²) in [5.41, 5.74) is 5.63. The van der Waals surface area contributed by atoms with Crippen LogP contribution in [0.4, 0.5) is 0 Å². The number of aryl methyl sites for hydroxylation is 1. The summed E-state index contributed by atoms with van der Waals surface area (Å²) in [4.78, 5) is 0. The molecule has 0 fully saturated rings. The van der Waals surface area contributed by atoms with Gasteiger partial charge in [0.05, 0.1) is 17.8 Å². The minimum absolute atomic E-state index is 0.0126. The van der Waals surface area contributed by atoms with Crippen molar-refractivity contribution in [3.8, 4) is 0 Å². The topological polar surface area (TPSA) is 38.7 Å². The maximum atomic E-state index is 10.00. The van der Waals surface area contributed by atoms with E-state index in [1.54, 1.807) is 0 Å². The molecule has 5 heteroatoms. The monoisotopic (exact) mass is 582 g/mol. The first-order chi connectivity index (χ1) is 18.3. The number of hydrogen-bond acceptors (Lipinski definition) is 3. The highest BCUT2D eigenvalue weighted by Crippen LogP contribution is 2.42. The van der Waals surface area contributed by atoms with Gasteiger partial charge in [-0.3, -0.25) is 0 Å². The maximum absolute atomic E-state index is 10.00. The molecule has 2 aromatic rings. The summed E-state index contributed by atoms with van der Waals surface area (Å²) in [5.74, 6) is 0. The van der Waals surface area contributed by atoms with Gasteiger partial charge in [0.15, 0.2) is 18.1 Å². The molecule has 0 amide bonds. The van der Waals surface area contributed by atoms with Crippen LogP contribution in [0.3, 0.4) is 0 Å². The third-order valence-corrected chi connectivity index (χ3v) is 8.55. The lowest BCUT2D eigenvalue weighted by Gasteiger charge is -2.36. The highest BCUT2D eigenvalue weighted by Gasteiger charge is 2.32. The van der Waals surface area contributed by atoms with Gasteiger partial charge in [-0.25, -0.2) is 0 Å². The van der Waals surface area contributed by atoms with Crippen molar-refractivity contribution in [2.45, 2.75) is 125 Å². The van der Waals surface area contributed by atoms with Crippen molar-refractivity contribution >= 4 is 30.2 Å². The van der Waals surface area contributed by atoms with Crippen LogP contribution in [0, 0.1) is 10.8 Å². The Morgan fingerprint density at radius 2 is 1.20 bits per heavy atom. The fraction of sp³-hybridized carbons (Fsp3) is 0.600. The lowest BCUT2D eigenvalue weighted by Crippen LogP contribution is -2.28. The molecule has 2 atom stereocenters. The molecule has 40 heavy (non-hydrogen) atoms. The molecular weight excluding hydrogens is 525 g/mol. The summed E-state index contributed by atoms with van der Waals surface area (Å²) < 4.78 is 13.3. The minimum atomic E-state index is -1.26. The van der Waals surface area contributed by atoms with E-state index in [4.69, 9.17) is 8.85 Å². The molecule has 1 N–H and O–H groups in total. The Balaban J connectivity index is 2.47. The maximum Gasteiger partial charge on any atom is 0.171 e. The summed E-state index contributed by atoms with van der Waals surface area (Å²) in [6.07, 6.45) is 8.55. The van der Waals surface area contributed by atoms with Gasteiger partial charge in [0, 0.05) is 0 Å². The molecule has 0 heterocycles. The summed E-state index contributed by atoms with van der Waals surface area (Å²) in [7, 11) is -2.52. The molecule has 0 saturated heterocycles. The van der Waals surface area contributed by atoms with Crippen LogP contribution in [0.25, 0.3) is 12.2 Å². The highest BCUT2D eigenvalue weighted by molar-refractivity contribution is 6.48. The van der Waals surface area contributed by atoms with Crippen LogP contribution in [-0.4, -0.2) is 28.8 Å². The molecule has 2 rings (SSSR count). The van der Waals surface area contributed by atoms with E-state index in [0.29, 0.717) is 0 Å². The average molecular weight is 583 g/mol. The van der Waals surface area contributed by atoms with Gasteiger partial charge >= 0.3 is 0 Å². The molecule has 0 spiro atoms. The second kappa shape index (κ2) is 14.6. The Hall–Kier alpha value is -1.51. The first kappa shape index (κ1) is 34.7. The van der Waals surface area contributed by atoms with E-state index in [9.17, 15) is 5.11 Å². The molecule has 0 aromatic heterocycles. The smallest absolute Gasteiger partial charge is 0.171 e. The van der Waals surface area contributed by atoms with E-state index < -0.39 is 23.7 Å². The number of aliphatic hydroxyl groups is 1. The molecule has 0 aliphatic rings. The molecule has 0 bridgehead atoms. The van der Waals surface area contributed by atoms with Gasteiger partial charge in [0.25, 0.3) is 0 Å². The van der Waals surface area contributed by atoms with Crippen LogP contribution in [0.5, 0.6) is 0 Å². The highest BCUT2D eigenvalue weighted by atomic mass is 28.3. The molecule has 0 radical (unpaired) electrons. The summed E-state index contributed by atoms with van der Waals surface area (Å²) in [6, 6.07) is 15.8. The Labute approximate surface area is 249 Å². The first-order valence-corrected chi connectivity index (χ1v) is 20.9. The third kappa shape index (κ3) is 12.2. The number of unbranched alkanes of at least 4 members (excludes halogenated alkanes) is 1. The van der Waals surface area contributed by atoms with Gasteiger partial charge in [-0.05, 0) is 110 Å². The molecule has 0 aliphatic heterocycles. The van der Waals surface area contributed by atoms with Crippen molar-refractivity contribution in [2.75, 3.05) is 0 Å². The third-order valence-electron chi connectivity index (χ3n) is 6.92. The van der Waals surface area contributed by atoms with Crippen molar-refractivity contribution in [2.24, 2.45) is 10.8 Å². The largest absolute Gasteiger partial charge is 0.413 e. The van der Waals surface area contributed by atoms with Gasteiger partial charge in [-0.2, -0.15) is 0 Å². The van der Waals surface area contributed by atoms with Crippen LogP contribution in [-0.2, 0) is 15.3 Å². The van der Waals surface area contributed by atoms with Crippen LogP contribution in [0.2, 0.25) is 26.2 Å². The van der Waals surface area contributed by atoms with Crippen LogP contribution < -0.4 is 0 Å². The normalized spacial score (nSPS) is 14.9. The lowest BCUT2D eigenvalue weighted by molar-refractivity contribution is 0.0682. The Morgan fingerprint density at radius 1 is 0.700 bits per heavy atom. The van der Waals surface area contributed by atoms with Gasteiger partial charge < -0.3 is 14.0 Å². The molecule has 0 aliphatic carbocycles. The van der Waals surface area contributed by atoms with E-state index in [1.807, 2.05) is 13.8 Å². The molecular formula is C35H58O3Si2. The zero-order valence-corrected chi connectivity index (χ0v) is 29.9. The van der Waals surface area contributed by atoms with E-state index >= 15 is 0 Å². The van der Waals surface area contributed by atoms with Gasteiger partial charge in [0.1, 0.15) is 0 Å². The molecule has 3 nitrogen and oxygen atoms in total. The second-order valence-electron chi connectivity index (χ2n) is 14.9. The SMILES string of the molecule is C[SiH](C)OC(c1cc(/C=C/c2cccc(CCCCC(C)(C)O)c2)cc(C(O[SiH](C)C)C(C)(C)C)c1)C(C)(C)C. The number of hydrogen-bond donors (Lipinski definition) is 1. The molecule has 2 aromatic carbocycles. The van der Waals surface area contributed by atoms with Gasteiger partial charge in [-0.15, -0.1) is 0 Å². The fourth-order valence-corrected chi connectivity index (χ4v) is 7.36. The standard InChI is InChI=1S/C35H58O3Si2/c1-33(2,3)31(37-39(9)10)29-23-28(24-30(25-29)32(34(4,5)6)38-40(11)12)20-19-27-18-15-17-26(22-27)16-13-14-21-35(7,8)36/h15,17-20,22-25,31-32,36,39-40H,13-14,16,21H2,1-12H3/b20-19+. The van der Waals surface area contributed by atoms with E-state index in [-0.39, 0.29) is 23.0 Å². The summed E-state index contributed by atoms with van der Waals surface area (Å²) in [5, 5.41) is 10.00. The Morgan fingerprint density at radius 3 is 1.65 bits per heavy atom. The van der Waals surface area contributed by atoms with E-state index in [1.165, 1.54) is 27.8 Å². The van der Waals surface area contributed by atoms with Crippen molar-refractivity contribution in [3.63, 3.8) is 0 Å².